The van der Waals surface area contributed by atoms with Gasteiger partial charge in [-0.2, -0.15) is 0 Å². The number of nitrogens with one attached hydrogen (secondary N) is 1. The fraction of sp³-hybridized carbons (Fsp3) is 0.125. The summed E-state index contributed by atoms with van der Waals surface area (Å²) >= 11 is 0. The summed E-state index contributed by atoms with van der Waals surface area (Å²) in [5.41, 5.74) is 2.57. The molecule has 1 aliphatic heterocycles. The molecule has 52 valence electrons. The van der Waals surface area contributed by atoms with Crippen LogP contribution in [-0.2, 0) is 11.2 Å². The summed E-state index contributed by atoms with van der Waals surface area (Å²) < 4.78 is 0. The van der Waals surface area contributed by atoms with E-state index in [0.29, 0.717) is 11.9 Å². The van der Waals surface area contributed by atoms with Crippen LogP contribution in [0.3, 0.4) is 0 Å². The van der Waals surface area contributed by atoms with Crippen molar-refractivity contribution in [2.24, 2.45) is 0 Å². The molecule has 1 N–H and O–H groups in total. The fourth-order valence-corrected chi connectivity index (χ4v) is 1.23. The van der Waals surface area contributed by atoms with Gasteiger partial charge in [0.2, 0.25) is 5.91 Å². The molecule has 0 bridgehead atoms. The molecule has 1 aromatic rings. The molecule has 2 nitrogen and oxygen atoms in total. The van der Waals surface area contributed by atoms with Crippen molar-refractivity contribution in [3.05, 3.63) is 23.8 Å². The Labute approximate surface area is 66.0 Å². The normalized spacial score (nSPS) is 14.4. The highest BCUT2D eigenvalue weighted by Crippen LogP contribution is 2.20. The average Bonchev–Trinajstić information content (AvgIpc) is 2.27. The molecule has 1 aromatic carbocycles. The van der Waals surface area contributed by atoms with Gasteiger partial charge in [-0.1, -0.05) is 17.6 Å². The van der Waals surface area contributed by atoms with Gasteiger partial charge in [0.25, 0.3) is 0 Å². The molecular weight excluding hydrogens is 137 g/mol. The van der Waals surface area contributed by atoms with Crippen molar-refractivity contribution in [3.8, 4) is 0 Å². The molecular formula is C8H6BNO. The van der Waals surface area contributed by atoms with Crippen LogP contribution in [0.2, 0.25) is 0 Å². The highest BCUT2D eigenvalue weighted by Gasteiger charge is 2.16. The largest absolute Gasteiger partial charge is 0.326 e. The predicted molar refractivity (Wildman–Crippen MR) is 44.2 cm³/mol. The van der Waals surface area contributed by atoms with Crippen molar-refractivity contribution < 1.29 is 4.79 Å². The summed E-state index contributed by atoms with van der Waals surface area (Å²) in [6.07, 6.45) is 0.482. The van der Waals surface area contributed by atoms with E-state index in [1.165, 1.54) is 0 Å². The lowest BCUT2D eigenvalue weighted by molar-refractivity contribution is -0.115. The number of hydrogen-bond acceptors (Lipinski definition) is 1. The number of anilines is 1. The zero-order chi connectivity index (χ0) is 7.84. The van der Waals surface area contributed by atoms with Gasteiger partial charge in [-0.15, -0.1) is 0 Å². The van der Waals surface area contributed by atoms with Gasteiger partial charge in [-0.05, 0) is 11.6 Å². The van der Waals surface area contributed by atoms with Crippen LogP contribution in [-0.4, -0.2) is 13.8 Å². The number of fused-ring (bicyclic) bond motifs is 1. The molecule has 0 spiro atoms. The van der Waals surface area contributed by atoms with Crippen molar-refractivity contribution in [1.29, 1.82) is 0 Å². The number of benzene rings is 1. The van der Waals surface area contributed by atoms with Crippen LogP contribution >= 0.6 is 0 Å². The van der Waals surface area contributed by atoms with E-state index in [4.69, 9.17) is 7.85 Å². The molecule has 11 heavy (non-hydrogen) atoms. The number of hydrogen-bond donors (Lipinski definition) is 1. The highest BCUT2D eigenvalue weighted by molar-refractivity contribution is 6.32. The molecule has 0 aromatic heterocycles. The van der Waals surface area contributed by atoms with Gasteiger partial charge in [0.05, 0.1) is 6.42 Å². The molecule has 0 aliphatic carbocycles. The van der Waals surface area contributed by atoms with Gasteiger partial charge >= 0.3 is 0 Å². The van der Waals surface area contributed by atoms with Crippen LogP contribution < -0.4 is 10.8 Å². The van der Waals surface area contributed by atoms with Crippen molar-refractivity contribution in [3.63, 3.8) is 0 Å². The smallest absolute Gasteiger partial charge is 0.228 e. The van der Waals surface area contributed by atoms with Crippen LogP contribution in [0.1, 0.15) is 5.56 Å². The summed E-state index contributed by atoms with van der Waals surface area (Å²) in [5, 5.41) is 2.72. The first kappa shape index (κ1) is 6.46. The SMILES string of the molecule is [B]c1ccc2c(c1)NC(=O)C2. The van der Waals surface area contributed by atoms with Crippen LogP contribution in [0, 0.1) is 0 Å². The first-order valence-corrected chi connectivity index (χ1v) is 3.44. The molecule has 0 saturated heterocycles. The summed E-state index contributed by atoms with van der Waals surface area (Å²) in [5.74, 6) is 0.0469. The van der Waals surface area contributed by atoms with Gasteiger partial charge in [0.15, 0.2) is 0 Å². The highest BCUT2D eigenvalue weighted by atomic mass is 16.1. The van der Waals surface area contributed by atoms with Crippen molar-refractivity contribution >= 4 is 24.9 Å². The third-order valence-corrected chi connectivity index (χ3v) is 1.76. The fourth-order valence-electron chi connectivity index (χ4n) is 1.23. The minimum atomic E-state index is 0.0469. The number of rotatable bonds is 0. The zero-order valence-electron chi connectivity index (χ0n) is 5.92. The summed E-state index contributed by atoms with van der Waals surface area (Å²) in [7, 11) is 5.52. The predicted octanol–water partition coefficient (Wildman–Crippen LogP) is -0.0250. The van der Waals surface area contributed by atoms with E-state index in [0.717, 1.165) is 11.3 Å². The summed E-state index contributed by atoms with van der Waals surface area (Å²) in [4.78, 5) is 10.9. The monoisotopic (exact) mass is 143 g/mol. The van der Waals surface area contributed by atoms with Gasteiger partial charge in [-0.3, -0.25) is 4.79 Å². The van der Waals surface area contributed by atoms with Gasteiger partial charge < -0.3 is 5.32 Å². The molecule has 0 atom stereocenters. The van der Waals surface area contributed by atoms with E-state index < -0.39 is 0 Å². The maximum absolute atomic E-state index is 10.9. The number of amides is 1. The minimum Gasteiger partial charge on any atom is -0.326 e. The minimum absolute atomic E-state index is 0.0469. The Kier molecular flexibility index (Phi) is 1.25. The molecule has 2 radical (unpaired) electrons. The van der Waals surface area contributed by atoms with Crippen LogP contribution in [0.15, 0.2) is 18.2 Å². The maximum atomic E-state index is 10.9. The standard InChI is InChI=1S/C8H6BNO/c9-6-2-1-5-3-8(11)10-7(5)4-6/h1-2,4H,3H2,(H,10,11). The van der Waals surface area contributed by atoms with E-state index in [1.54, 1.807) is 12.1 Å². The van der Waals surface area contributed by atoms with E-state index in [-0.39, 0.29) is 5.91 Å². The topological polar surface area (TPSA) is 29.1 Å². The van der Waals surface area contributed by atoms with E-state index >= 15 is 0 Å². The Hall–Kier alpha value is -1.25. The van der Waals surface area contributed by atoms with Crippen molar-refractivity contribution in [1.82, 2.24) is 0 Å². The Balaban J connectivity index is 2.51. The molecule has 3 heteroatoms. The maximum Gasteiger partial charge on any atom is 0.228 e. The molecule has 1 heterocycles. The molecule has 2 rings (SSSR count). The molecule has 1 amide bonds. The third-order valence-electron chi connectivity index (χ3n) is 1.76. The first-order valence-electron chi connectivity index (χ1n) is 3.44. The lowest BCUT2D eigenvalue weighted by atomic mass is 9.94. The second-order valence-corrected chi connectivity index (χ2v) is 2.64. The van der Waals surface area contributed by atoms with Gasteiger partial charge in [-0.25, -0.2) is 0 Å². The molecule has 0 fully saturated rings. The Morgan fingerprint density at radius 1 is 1.45 bits per heavy atom. The van der Waals surface area contributed by atoms with Gasteiger partial charge in [0.1, 0.15) is 7.85 Å². The first-order chi connectivity index (χ1) is 5.25. The Morgan fingerprint density at radius 3 is 3.09 bits per heavy atom. The Bertz CT molecular complexity index is 322. The second-order valence-electron chi connectivity index (χ2n) is 2.64. The van der Waals surface area contributed by atoms with Crippen molar-refractivity contribution in [2.75, 3.05) is 5.32 Å². The molecule has 0 saturated carbocycles. The zero-order valence-corrected chi connectivity index (χ0v) is 5.92. The Morgan fingerprint density at radius 2 is 2.27 bits per heavy atom. The lowest BCUT2D eigenvalue weighted by Gasteiger charge is -1.98. The molecule has 1 aliphatic rings. The van der Waals surface area contributed by atoms with E-state index in [9.17, 15) is 4.79 Å². The third kappa shape index (κ3) is 1.02. The van der Waals surface area contributed by atoms with Crippen molar-refractivity contribution in [2.45, 2.75) is 6.42 Å². The second kappa shape index (κ2) is 2.12. The summed E-state index contributed by atoms with van der Waals surface area (Å²) in [6, 6.07) is 5.46. The number of carbonyl (C=O) groups is 1. The quantitative estimate of drug-likeness (QED) is 0.508. The number of carbonyl (C=O) groups excluding carboxylic acids is 1. The van der Waals surface area contributed by atoms with Crippen LogP contribution in [0.5, 0.6) is 0 Å². The average molecular weight is 143 g/mol. The van der Waals surface area contributed by atoms with E-state index in [2.05, 4.69) is 5.32 Å². The van der Waals surface area contributed by atoms with Crippen LogP contribution in [0.25, 0.3) is 0 Å². The van der Waals surface area contributed by atoms with E-state index in [1.807, 2.05) is 6.07 Å². The molecule has 0 unspecified atom stereocenters. The summed E-state index contributed by atoms with van der Waals surface area (Å²) in [6.45, 7) is 0. The lowest BCUT2D eigenvalue weighted by Crippen LogP contribution is -2.05. The van der Waals surface area contributed by atoms with Gasteiger partial charge in [0, 0.05) is 5.69 Å². The van der Waals surface area contributed by atoms with Crippen LogP contribution in [0.4, 0.5) is 5.69 Å².